The molecule has 0 aliphatic heterocycles. The van der Waals surface area contributed by atoms with Crippen molar-refractivity contribution in [2.24, 2.45) is 0 Å². The van der Waals surface area contributed by atoms with Crippen molar-refractivity contribution in [2.45, 2.75) is 20.5 Å². The fraction of sp³-hybridized carbons (Fsp3) is 0.174. The van der Waals surface area contributed by atoms with Gasteiger partial charge in [0, 0.05) is 5.56 Å². The first kappa shape index (κ1) is 21.8. The summed E-state index contributed by atoms with van der Waals surface area (Å²) in [5, 5.41) is 13.9. The van der Waals surface area contributed by atoms with Crippen LogP contribution in [-0.2, 0) is 16.1 Å². The molecular formula is C23H20N4O6. The van der Waals surface area contributed by atoms with Gasteiger partial charge >= 0.3 is 12.0 Å². The zero-order valence-corrected chi connectivity index (χ0v) is 17.9. The Hall–Kier alpha value is -4.47. The van der Waals surface area contributed by atoms with E-state index in [4.69, 9.17) is 18.4 Å². The smallest absolute Gasteiger partial charge is 0.338 e. The molecule has 0 radical (unpaired) electrons. The van der Waals surface area contributed by atoms with Crippen LogP contribution in [0.5, 0.6) is 5.75 Å². The number of ether oxygens (including phenoxy) is 2. The molecular weight excluding hydrogens is 428 g/mol. The number of aryl methyl sites for hydroxylation is 2. The molecule has 0 saturated heterocycles. The molecule has 1 amide bonds. The van der Waals surface area contributed by atoms with Crippen LogP contribution in [0, 0.1) is 13.8 Å². The summed E-state index contributed by atoms with van der Waals surface area (Å²) in [4.78, 5) is 24.3. The van der Waals surface area contributed by atoms with E-state index in [9.17, 15) is 9.59 Å². The number of rotatable bonds is 8. The van der Waals surface area contributed by atoms with Crippen LogP contribution in [-0.4, -0.2) is 33.8 Å². The number of aromatic nitrogens is 3. The highest BCUT2D eigenvalue weighted by atomic mass is 16.5. The van der Waals surface area contributed by atoms with Crippen LogP contribution < -0.4 is 10.1 Å². The van der Waals surface area contributed by atoms with Crippen LogP contribution in [0.15, 0.2) is 63.5 Å². The molecule has 0 aliphatic carbocycles. The molecule has 0 fully saturated rings. The minimum absolute atomic E-state index is 0.0882. The van der Waals surface area contributed by atoms with Gasteiger partial charge in [-0.3, -0.25) is 10.1 Å². The fourth-order valence-corrected chi connectivity index (χ4v) is 2.89. The van der Waals surface area contributed by atoms with Gasteiger partial charge in [0.2, 0.25) is 5.89 Å². The first-order chi connectivity index (χ1) is 16.0. The van der Waals surface area contributed by atoms with Crippen molar-refractivity contribution < 1.29 is 28.0 Å². The molecule has 0 bridgehead atoms. The Labute approximate surface area is 188 Å². The maximum atomic E-state index is 12.2. The van der Waals surface area contributed by atoms with Gasteiger partial charge < -0.3 is 18.4 Å². The highest BCUT2D eigenvalue weighted by Gasteiger charge is 2.15. The minimum atomic E-state index is -0.655. The lowest BCUT2D eigenvalue weighted by molar-refractivity contribution is -0.119. The lowest BCUT2D eigenvalue weighted by atomic mass is 10.2. The molecule has 2 aromatic carbocycles. The normalized spacial score (nSPS) is 10.6. The quantitative estimate of drug-likeness (QED) is 0.401. The van der Waals surface area contributed by atoms with Gasteiger partial charge in [0.25, 0.3) is 5.91 Å². The Kier molecular flexibility index (Phi) is 6.44. The number of carbonyl (C=O) groups excluding carboxylic acids is 2. The molecule has 10 heteroatoms. The number of amides is 1. The number of hydrogen-bond donors (Lipinski definition) is 1. The standard InChI is InChI=1S/C23H20N4O6/c1-14-19(15(2)33-27-14)12-30-18-10-8-17(9-11-18)22(29)31-13-20(28)24-23-26-25-21(32-23)16-6-4-3-5-7-16/h3-11H,12-13H2,1-2H3,(H,24,26,28). The van der Waals surface area contributed by atoms with Crippen molar-refractivity contribution in [1.29, 1.82) is 0 Å². The largest absolute Gasteiger partial charge is 0.489 e. The van der Waals surface area contributed by atoms with Crippen molar-refractivity contribution in [3.8, 4) is 17.2 Å². The van der Waals surface area contributed by atoms with Gasteiger partial charge in [-0.05, 0) is 50.2 Å². The van der Waals surface area contributed by atoms with Crippen LogP contribution in [0.4, 0.5) is 6.01 Å². The number of benzene rings is 2. The van der Waals surface area contributed by atoms with E-state index in [0.717, 1.165) is 16.8 Å². The maximum Gasteiger partial charge on any atom is 0.338 e. The highest BCUT2D eigenvalue weighted by molar-refractivity contribution is 5.94. The molecule has 33 heavy (non-hydrogen) atoms. The van der Waals surface area contributed by atoms with Crippen LogP contribution in [0.1, 0.15) is 27.4 Å². The van der Waals surface area contributed by atoms with Gasteiger partial charge in [-0.15, -0.1) is 5.10 Å². The Morgan fingerprint density at radius 3 is 2.45 bits per heavy atom. The predicted molar refractivity (Wildman–Crippen MR) is 115 cm³/mol. The molecule has 0 spiro atoms. The van der Waals surface area contributed by atoms with Crippen molar-refractivity contribution >= 4 is 17.9 Å². The number of hydrogen-bond acceptors (Lipinski definition) is 9. The lowest BCUT2D eigenvalue weighted by Gasteiger charge is -2.07. The van der Waals surface area contributed by atoms with Crippen LogP contribution in [0.2, 0.25) is 0 Å². The molecule has 0 saturated carbocycles. The summed E-state index contributed by atoms with van der Waals surface area (Å²) in [5.74, 6) is 0.265. The molecule has 4 rings (SSSR count). The summed E-state index contributed by atoms with van der Waals surface area (Å²) in [5.41, 5.74) is 2.64. The van der Waals surface area contributed by atoms with E-state index < -0.39 is 18.5 Å². The number of carbonyl (C=O) groups is 2. The third kappa shape index (κ3) is 5.42. The summed E-state index contributed by atoms with van der Waals surface area (Å²) in [6, 6.07) is 15.4. The third-order valence-corrected chi connectivity index (χ3v) is 4.68. The number of esters is 1. The van der Waals surface area contributed by atoms with E-state index in [-0.39, 0.29) is 17.5 Å². The van der Waals surface area contributed by atoms with Gasteiger partial charge in [0.15, 0.2) is 6.61 Å². The SMILES string of the molecule is Cc1noc(C)c1COc1ccc(C(=O)OCC(=O)Nc2nnc(-c3ccccc3)o2)cc1. The first-order valence-electron chi connectivity index (χ1n) is 10.00. The van der Waals surface area contributed by atoms with Crippen LogP contribution in [0.3, 0.4) is 0 Å². The summed E-state index contributed by atoms with van der Waals surface area (Å²) in [7, 11) is 0. The van der Waals surface area contributed by atoms with Crippen molar-refractivity contribution in [3.63, 3.8) is 0 Å². The Morgan fingerprint density at radius 2 is 1.76 bits per heavy atom. The van der Waals surface area contributed by atoms with Gasteiger partial charge in [0.1, 0.15) is 18.1 Å². The number of anilines is 1. The molecule has 2 heterocycles. The second-order valence-corrected chi connectivity index (χ2v) is 7.02. The fourth-order valence-electron chi connectivity index (χ4n) is 2.89. The number of nitrogens with zero attached hydrogens (tertiary/aromatic N) is 3. The average molecular weight is 448 g/mol. The highest BCUT2D eigenvalue weighted by Crippen LogP contribution is 2.20. The van der Waals surface area contributed by atoms with E-state index in [1.165, 1.54) is 0 Å². The molecule has 1 N–H and O–H groups in total. The monoisotopic (exact) mass is 448 g/mol. The molecule has 0 unspecified atom stereocenters. The first-order valence-corrected chi connectivity index (χ1v) is 10.00. The van der Waals surface area contributed by atoms with E-state index in [0.29, 0.717) is 18.1 Å². The predicted octanol–water partition coefficient (Wildman–Crippen LogP) is 3.72. The van der Waals surface area contributed by atoms with Gasteiger partial charge in [-0.2, -0.15) is 0 Å². The Bertz CT molecular complexity index is 1230. The van der Waals surface area contributed by atoms with E-state index in [2.05, 4.69) is 20.7 Å². The average Bonchev–Trinajstić information content (AvgIpc) is 3.43. The van der Waals surface area contributed by atoms with Gasteiger partial charge in [-0.1, -0.05) is 28.5 Å². The summed E-state index contributed by atoms with van der Waals surface area (Å²) in [6.45, 7) is 3.44. The summed E-state index contributed by atoms with van der Waals surface area (Å²) in [6.07, 6.45) is 0. The van der Waals surface area contributed by atoms with Crippen LogP contribution in [0.25, 0.3) is 11.5 Å². The van der Waals surface area contributed by atoms with Crippen molar-refractivity contribution in [3.05, 3.63) is 77.2 Å². The Morgan fingerprint density at radius 1 is 1.00 bits per heavy atom. The van der Waals surface area contributed by atoms with E-state index in [1.54, 1.807) is 36.4 Å². The number of nitrogens with one attached hydrogen (secondary N) is 1. The molecule has 4 aromatic rings. The van der Waals surface area contributed by atoms with Gasteiger partial charge in [-0.25, -0.2) is 4.79 Å². The molecule has 2 aromatic heterocycles. The summed E-state index contributed by atoms with van der Waals surface area (Å²) < 4.78 is 21.2. The van der Waals surface area contributed by atoms with Crippen molar-refractivity contribution in [2.75, 3.05) is 11.9 Å². The summed E-state index contributed by atoms with van der Waals surface area (Å²) >= 11 is 0. The third-order valence-electron chi connectivity index (χ3n) is 4.68. The maximum absolute atomic E-state index is 12.2. The molecule has 168 valence electrons. The zero-order chi connectivity index (χ0) is 23.2. The molecule has 10 nitrogen and oxygen atoms in total. The lowest BCUT2D eigenvalue weighted by Crippen LogP contribution is -2.21. The van der Waals surface area contributed by atoms with E-state index in [1.807, 2.05) is 32.0 Å². The minimum Gasteiger partial charge on any atom is -0.489 e. The van der Waals surface area contributed by atoms with E-state index >= 15 is 0 Å². The van der Waals surface area contributed by atoms with Crippen molar-refractivity contribution in [1.82, 2.24) is 15.4 Å². The second-order valence-electron chi connectivity index (χ2n) is 7.02. The van der Waals surface area contributed by atoms with Crippen LogP contribution >= 0.6 is 0 Å². The second kappa shape index (κ2) is 9.77. The molecule has 0 atom stereocenters. The topological polar surface area (TPSA) is 130 Å². The molecule has 0 aliphatic rings. The zero-order valence-electron chi connectivity index (χ0n) is 17.9. The Balaban J connectivity index is 1.25. The van der Waals surface area contributed by atoms with Gasteiger partial charge in [0.05, 0.1) is 16.8 Å².